The van der Waals surface area contributed by atoms with Gasteiger partial charge in [-0.2, -0.15) is 0 Å². The van der Waals surface area contributed by atoms with Gasteiger partial charge in [0.2, 0.25) is 5.91 Å². The molecule has 0 radical (unpaired) electrons. The number of hydrogen-bond donors (Lipinski definition) is 0. The lowest BCUT2D eigenvalue weighted by atomic mass is 10.0. The summed E-state index contributed by atoms with van der Waals surface area (Å²) in [5.41, 5.74) is 0. The lowest BCUT2D eigenvalue weighted by Gasteiger charge is -2.25. The summed E-state index contributed by atoms with van der Waals surface area (Å²) in [4.78, 5) is 25.5. The van der Waals surface area contributed by atoms with Crippen LogP contribution in [0.1, 0.15) is 72.6 Å². The van der Waals surface area contributed by atoms with E-state index < -0.39 is 12.3 Å². The maximum Gasteiger partial charge on any atom is 0.330 e. The van der Waals surface area contributed by atoms with Gasteiger partial charge in [-0.15, -0.1) is 0 Å². The predicted octanol–water partition coefficient (Wildman–Crippen LogP) is 4.05. The minimum atomic E-state index is -0.406. The van der Waals surface area contributed by atoms with Crippen molar-refractivity contribution in [2.75, 3.05) is 0 Å². The molecule has 0 aromatic rings. The Balaban J connectivity index is 2.48. The molecule has 1 fully saturated rings. The molecule has 2 unspecified atom stereocenters. The lowest BCUT2D eigenvalue weighted by molar-refractivity contribution is -0.143. The van der Waals surface area contributed by atoms with Gasteiger partial charge in [-0.1, -0.05) is 45.8 Å². The molecule has 4 heteroatoms. The van der Waals surface area contributed by atoms with Gasteiger partial charge in [0.25, 0.3) is 0 Å². The Kier molecular flexibility index (Phi) is 8.21. The third-order valence-electron chi connectivity index (χ3n) is 3.95. The molecule has 2 atom stereocenters. The van der Waals surface area contributed by atoms with Gasteiger partial charge >= 0.3 is 5.97 Å². The second-order valence-electron chi connectivity index (χ2n) is 6.51. The number of cyclic esters (lactones) is 1. The zero-order chi connectivity index (χ0) is 16.5. The zero-order valence-corrected chi connectivity index (χ0v) is 14.5. The summed E-state index contributed by atoms with van der Waals surface area (Å²) < 4.78 is 5.43. The third kappa shape index (κ3) is 5.82. The lowest BCUT2D eigenvalue weighted by Crippen LogP contribution is -2.42. The Bertz CT molecular complexity index is 390. The average Bonchev–Trinajstić information content (AvgIpc) is 2.73. The standard InChI is InChI=1S/C18H31NO3/c1-5-6-7-8-9-10-11-12-17-19(15(4)20)16(13-14(2)3)18(21)22-17/h9-10,14,16-17H,5-8,11-13H2,1-4H3. The largest absolute Gasteiger partial charge is 0.440 e. The fourth-order valence-corrected chi connectivity index (χ4v) is 2.85. The highest BCUT2D eigenvalue weighted by Crippen LogP contribution is 2.26. The first-order valence-electron chi connectivity index (χ1n) is 8.61. The van der Waals surface area contributed by atoms with Crippen LogP contribution in [0.25, 0.3) is 0 Å². The first-order chi connectivity index (χ1) is 10.5. The average molecular weight is 309 g/mol. The molecule has 0 N–H and O–H groups in total. The van der Waals surface area contributed by atoms with Crippen molar-refractivity contribution in [2.45, 2.75) is 84.9 Å². The first-order valence-corrected chi connectivity index (χ1v) is 8.61. The fraction of sp³-hybridized carbons (Fsp3) is 0.778. The normalized spacial score (nSPS) is 21.9. The van der Waals surface area contributed by atoms with Gasteiger partial charge < -0.3 is 4.74 Å². The number of rotatable bonds is 9. The van der Waals surface area contributed by atoms with E-state index in [0.717, 1.165) is 12.8 Å². The highest BCUT2D eigenvalue weighted by Gasteiger charge is 2.43. The second-order valence-corrected chi connectivity index (χ2v) is 6.51. The summed E-state index contributed by atoms with van der Waals surface area (Å²) in [5, 5.41) is 0. The Hall–Kier alpha value is -1.32. The molecule has 0 saturated carbocycles. The summed E-state index contributed by atoms with van der Waals surface area (Å²) in [7, 11) is 0. The number of hydrogen-bond acceptors (Lipinski definition) is 3. The van der Waals surface area contributed by atoms with Gasteiger partial charge in [0, 0.05) is 13.3 Å². The van der Waals surface area contributed by atoms with Crippen LogP contribution in [0.4, 0.5) is 0 Å². The fourth-order valence-electron chi connectivity index (χ4n) is 2.85. The maximum atomic E-state index is 12.0. The van der Waals surface area contributed by atoms with Crippen LogP contribution in [0.5, 0.6) is 0 Å². The number of ether oxygens (including phenoxy) is 1. The topological polar surface area (TPSA) is 46.6 Å². The van der Waals surface area contributed by atoms with Crippen LogP contribution in [0.2, 0.25) is 0 Å². The molecule has 0 spiro atoms. The second kappa shape index (κ2) is 9.65. The summed E-state index contributed by atoms with van der Waals surface area (Å²) in [6.45, 7) is 7.82. The van der Waals surface area contributed by atoms with Gasteiger partial charge in [0.1, 0.15) is 6.04 Å². The van der Waals surface area contributed by atoms with Crippen LogP contribution >= 0.6 is 0 Å². The number of allylic oxidation sites excluding steroid dienone is 2. The van der Waals surface area contributed by atoms with Crippen molar-refractivity contribution in [3.63, 3.8) is 0 Å². The van der Waals surface area contributed by atoms with Gasteiger partial charge in [0.05, 0.1) is 0 Å². The van der Waals surface area contributed by atoms with Crippen LogP contribution in [0, 0.1) is 5.92 Å². The van der Waals surface area contributed by atoms with Gasteiger partial charge in [-0.25, -0.2) is 4.79 Å². The van der Waals surface area contributed by atoms with Crippen molar-refractivity contribution in [2.24, 2.45) is 5.92 Å². The van der Waals surface area contributed by atoms with Crippen molar-refractivity contribution in [1.29, 1.82) is 0 Å². The molecule has 1 rings (SSSR count). The molecule has 1 aliphatic heterocycles. The number of amides is 1. The van der Waals surface area contributed by atoms with Gasteiger partial charge in [-0.3, -0.25) is 9.69 Å². The maximum absolute atomic E-state index is 12.0. The van der Waals surface area contributed by atoms with E-state index in [1.165, 1.54) is 26.2 Å². The number of nitrogens with zero attached hydrogens (tertiary/aromatic N) is 1. The minimum Gasteiger partial charge on any atom is -0.440 e. The van der Waals surface area contributed by atoms with E-state index in [9.17, 15) is 9.59 Å². The van der Waals surface area contributed by atoms with E-state index in [0.29, 0.717) is 18.8 Å². The Morgan fingerprint density at radius 2 is 1.95 bits per heavy atom. The molecule has 126 valence electrons. The van der Waals surface area contributed by atoms with Crippen molar-refractivity contribution >= 4 is 11.9 Å². The van der Waals surface area contributed by atoms with Crippen molar-refractivity contribution in [3.8, 4) is 0 Å². The van der Waals surface area contributed by atoms with Gasteiger partial charge in [-0.05, 0) is 31.6 Å². The van der Waals surface area contributed by atoms with Crippen molar-refractivity contribution in [1.82, 2.24) is 4.90 Å². The van der Waals surface area contributed by atoms with Crippen LogP contribution in [-0.4, -0.2) is 29.0 Å². The van der Waals surface area contributed by atoms with E-state index in [4.69, 9.17) is 4.74 Å². The summed E-state index contributed by atoms with van der Waals surface area (Å²) in [6.07, 6.45) is 10.9. The van der Waals surface area contributed by atoms with Crippen molar-refractivity contribution in [3.05, 3.63) is 12.2 Å². The van der Waals surface area contributed by atoms with Crippen molar-refractivity contribution < 1.29 is 14.3 Å². The Labute approximate surface area is 134 Å². The van der Waals surface area contributed by atoms with E-state index >= 15 is 0 Å². The van der Waals surface area contributed by atoms with E-state index in [1.807, 2.05) is 0 Å². The molecule has 1 heterocycles. The highest BCUT2D eigenvalue weighted by molar-refractivity contribution is 5.86. The molecular formula is C18H31NO3. The number of unbranched alkanes of at least 4 members (excludes halogenated alkanes) is 3. The Morgan fingerprint density at radius 3 is 2.55 bits per heavy atom. The van der Waals surface area contributed by atoms with E-state index in [1.54, 1.807) is 4.90 Å². The number of carbonyl (C=O) groups excluding carboxylic acids is 2. The van der Waals surface area contributed by atoms with Crippen LogP contribution < -0.4 is 0 Å². The molecule has 22 heavy (non-hydrogen) atoms. The number of carbonyl (C=O) groups is 2. The number of esters is 1. The predicted molar refractivity (Wildman–Crippen MR) is 88.2 cm³/mol. The molecular weight excluding hydrogens is 278 g/mol. The van der Waals surface area contributed by atoms with Gasteiger partial charge in [0.15, 0.2) is 6.23 Å². The zero-order valence-electron chi connectivity index (χ0n) is 14.5. The molecule has 1 amide bonds. The molecule has 1 aliphatic rings. The smallest absolute Gasteiger partial charge is 0.330 e. The quantitative estimate of drug-likeness (QED) is 0.367. The molecule has 4 nitrogen and oxygen atoms in total. The Morgan fingerprint density at radius 1 is 1.27 bits per heavy atom. The van der Waals surface area contributed by atoms with E-state index in [-0.39, 0.29) is 11.9 Å². The molecule has 0 aliphatic carbocycles. The summed E-state index contributed by atoms with van der Waals surface area (Å²) in [6, 6.07) is -0.406. The molecule has 0 bridgehead atoms. The van der Waals surface area contributed by atoms with Crippen LogP contribution in [-0.2, 0) is 14.3 Å². The first kappa shape index (κ1) is 18.7. The molecule has 1 saturated heterocycles. The summed E-state index contributed by atoms with van der Waals surface area (Å²) >= 11 is 0. The monoisotopic (exact) mass is 309 g/mol. The molecule has 0 aromatic carbocycles. The SMILES string of the molecule is CCCCCC=CCCC1OC(=O)C(CC(C)C)N1C(C)=O. The molecule has 0 aromatic heterocycles. The highest BCUT2D eigenvalue weighted by atomic mass is 16.6. The minimum absolute atomic E-state index is 0.0755. The summed E-state index contributed by atoms with van der Waals surface area (Å²) in [5.74, 6) is 0.0332. The van der Waals surface area contributed by atoms with Crippen LogP contribution in [0.15, 0.2) is 12.2 Å². The van der Waals surface area contributed by atoms with E-state index in [2.05, 4.69) is 32.9 Å². The van der Waals surface area contributed by atoms with Crippen LogP contribution in [0.3, 0.4) is 0 Å². The third-order valence-corrected chi connectivity index (χ3v) is 3.95.